The number of hydrogen-bond acceptors (Lipinski definition) is 4. The maximum absolute atomic E-state index is 5.87. The molecule has 0 saturated heterocycles. The summed E-state index contributed by atoms with van der Waals surface area (Å²) in [6, 6.07) is 0. The molecule has 78 valence electrons. The average molecular weight is 252 g/mol. The highest BCUT2D eigenvalue weighted by atomic mass is 35.5. The van der Waals surface area contributed by atoms with Crippen molar-refractivity contribution in [2.75, 3.05) is 18.1 Å². The summed E-state index contributed by atoms with van der Waals surface area (Å²) >= 11 is 13.3. The van der Waals surface area contributed by atoms with Crippen LogP contribution >= 0.6 is 35.0 Å². The molecule has 1 aromatic rings. The molecule has 1 atom stereocenters. The highest BCUT2D eigenvalue weighted by Gasteiger charge is 2.05. The summed E-state index contributed by atoms with van der Waals surface area (Å²) in [4.78, 5) is 7.74. The number of thioether (sulfide) groups is 1. The van der Waals surface area contributed by atoms with Gasteiger partial charge in [0.2, 0.25) is 5.28 Å². The van der Waals surface area contributed by atoms with Gasteiger partial charge in [-0.15, -0.1) is 0 Å². The Hall–Kier alpha value is -0.190. The van der Waals surface area contributed by atoms with Gasteiger partial charge in [-0.05, 0) is 17.9 Å². The predicted octanol–water partition coefficient (Wildman–Crippen LogP) is 2.95. The fraction of sp³-hybridized carbons (Fsp3) is 0.500. The van der Waals surface area contributed by atoms with Crippen LogP contribution in [-0.4, -0.2) is 28.0 Å². The van der Waals surface area contributed by atoms with Crippen LogP contribution in [0.2, 0.25) is 10.3 Å². The zero-order valence-electron chi connectivity index (χ0n) is 7.92. The van der Waals surface area contributed by atoms with Gasteiger partial charge in [-0.1, -0.05) is 18.5 Å². The molecule has 0 spiro atoms. The number of nitrogens with one attached hydrogen (secondary N) is 1. The highest BCUT2D eigenvalue weighted by molar-refractivity contribution is 7.99. The normalized spacial score (nSPS) is 12.6. The molecule has 3 nitrogen and oxygen atoms in total. The van der Waals surface area contributed by atoms with E-state index in [0.29, 0.717) is 16.1 Å². The molecule has 1 aromatic heterocycles. The van der Waals surface area contributed by atoms with Gasteiger partial charge in [-0.3, -0.25) is 0 Å². The molecule has 0 bridgehead atoms. The van der Waals surface area contributed by atoms with Gasteiger partial charge >= 0.3 is 0 Å². The van der Waals surface area contributed by atoms with Crippen molar-refractivity contribution in [1.29, 1.82) is 0 Å². The van der Waals surface area contributed by atoms with E-state index >= 15 is 0 Å². The van der Waals surface area contributed by atoms with Crippen molar-refractivity contribution in [3.8, 4) is 0 Å². The summed E-state index contributed by atoms with van der Waals surface area (Å²) in [5.74, 6) is 0.590. The van der Waals surface area contributed by atoms with Crippen LogP contribution in [0.3, 0.4) is 0 Å². The van der Waals surface area contributed by atoms with E-state index in [0.717, 1.165) is 6.54 Å². The summed E-state index contributed by atoms with van der Waals surface area (Å²) < 4.78 is 0. The van der Waals surface area contributed by atoms with Crippen molar-refractivity contribution in [2.45, 2.75) is 12.2 Å². The Bertz CT molecular complexity index is 309. The third-order valence-electron chi connectivity index (χ3n) is 1.67. The average Bonchev–Trinajstić information content (AvgIpc) is 2.19. The molecule has 6 heteroatoms. The van der Waals surface area contributed by atoms with Gasteiger partial charge < -0.3 is 5.32 Å². The fourth-order valence-corrected chi connectivity index (χ4v) is 1.33. The van der Waals surface area contributed by atoms with Crippen LogP contribution in [0.1, 0.15) is 6.92 Å². The Morgan fingerprint density at radius 2 is 2.29 bits per heavy atom. The molecule has 0 saturated carbocycles. The first-order valence-corrected chi connectivity index (χ1v) is 6.12. The Morgan fingerprint density at radius 1 is 1.57 bits per heavy atom. The number of hydrogen-bond donors (Lipinski definition) is 1. The minimum absolute atomic E-state index is 0.203. The smallest absolute Gasteiger partial charge is 0.224 e. The quantitative estimate of drug-likeness (QED) is 0.836. The standard InChI is InChI=1S/C8H11Cl2N3S/c1-5(14-2)3-11-7-6(9)4-12-8(10)13-7/h4-5H,3H2,1-2H3,(H,11,12,13). The molecular formula is C8H11Cl2N3S. The topological polar surface area (TPSA) is 37.8 Å². The van der Waals surface area contributed by atoms with Gasteiger partial charge in [0.25, 0.3) is 0 Å². The first-order valence-electron chi connectivity index (χ1n) is 4.08. The lowest BCUT2D eigenvalue weighted by molar-refractivity contribution is 0.986. The fourth-order valence-electron chi connectivity index (χ4n) is 0.793. The largest absolute Gasteiger partial charge is 0.368 e. The molecule has 0 amide bonds. The summed E-state index contributed by atoms with van der Waals surface area (Å²) in [6.07, 6.45) is 3.55. The predicted molar refractivity (Wildman–Crippen MR) is 63.5 cm³/mol. The Labute approximate surface area is 97.6 Å². The Kier molecular flexibility index (Phi) is 4.78. The van der Waals surface area contributed by atoms with Crippen LogP contribution < -0.4 is 5.32 Å². The van der Waals surface area contributed by atoms with Crippen molar-refractivity contribution >= 4 is 40.8 Å². The van der Waals surface area contributed by atoms with Crippen LogP contribution in [0, 0.1) is 0 Å². The Balaban J connectivity index is 2.62. The second-order valence-corrected chi connectivity index (χ2v) is 4.78. The lowest BCUT2D eigenvalue weighted by Gasteiger charge is -2.10. The van der Waals surface area contributed by atoms with Crippen molar-refractivity contribution in [3.63, 3.8) is 0 Å². The monoisotopic (exact) mass is 251 g/mol. The summed E-state index contributed by atoms with van der Waals surface area (Å²) in [6.45, 7) is 2.92. The molecule has 0 radical (unpaired) electrons. The zero-order valence-corrected chi connectivity index (χ0v) is 10.2. The van der Waals surface area contributed by atoms with E-state index in [9.17, 15) is 0 Å². The number of nitrogens with zero attached hydrogens (tertiary/aromatic N) is 2. The van der Waals surface area contributed by atoms with Gasteiger partial charge in [0.15, 0.2) is 0 Å². The van der Waals surface area contributed by atoms with E-state index in [2.05, 4.69) is 28.5 Å². The first-order chi connectivity index (χ1) is 6.63. The molecule has 0 aliphatic carbocycles. The van der Waals surface area contributed by atoms with Crippen LogP contribution in [0.15, 0.2) is 6.20 Å². The molecule has 14 heavy (non-hydrogen) atoms. The number of halogens is 2. The van der Waals surface area contributed by atoms with Gasteiger partial charge in [0, 0.05) is 11.8 Å². The molecule has 0 aliphatic heterocycles. The molecule has 0 aliphatic rings. The van der Waals surface area contributed by atoms with Gasteiger partial charge in [0.1, 0.15) is 10.8 Å². The maximum Gasteiger partial charge on any atom is 0.224 e. The van der Waals surface area contributed by atoms with E-state index in [1.54, 1.807) is 11.8 Å². The van der Waals surface area contributed by atoms with E-state index in [4.69, 9.17) is 23.2 Å². The highest BCUT2D eigenvalue weighted by Crippen LogP contribution is 2.19. The number of rotatable bonds is 4. The minimum atomic E-state index is 0.203. The van der Waals surface area contributed by atoms with Crippen molar-refractivity contribution in [3.05, 3.63) is 16.5 Å². The second kappa shape index (κ2) is 5.63. The van der Waals surface area contributed by atoms with Crippen molar-refractivity contribution in [2.24, 2.45) is 0 Å². The summed E-state index contributed by atoms with van der Waals surface area (Å²) in [5, 5.41) is 4.31. The lowest BCUT2D eigenvalue weighted by Crippen LogP contribution is -2.14. The molecule has 1 unspecified atom stereocenters. The molecule has 1 rings (SSSR count). The van der Waals surface area contributed by atoms with E-state index < -0.39 is 0 Å². The van der Waals surface area contributed by atoms with Crippen LogP contribution in [-0.2, 0) is 0 Å². The molecule has 0 aromatic carbocycles. The van der Waals surface area contributed by atoms with Crippen LogP contribution in [0.25, 0.3) is 0 Å². The van der Waals surface area contributed by atoms with E-state index in [1.807, 2.05) is 0 Å². The first kappa shape index (κ1) is 11.9. The summed E-state index contributed by atoms with van der Waals surface area (Å²) in [7, 11) is 0. The van der Waals surface area contributed by atoms with Crippen molar-refractivity contribution in [1.82, 2.24) is 9.97 Å². The van der Waals surface area contributed by atoms with Gasteiger partial charge in [0.05, 0.1) is 6.20 Å². The van der Waals surface area contributed by atoms with Crippen molar-refractivity contribution < 1.29 is 0 Å². The molecule has 1 N–H and O–H groups in total. The third kappa shape index (κ3) is 3.52. The van der Waals surface area contributed by atoms with Gasteiger partial charge in [-0.25, -0.2) is 4.98 Å². The van der Waals surface area contributed by atoms with E-state index in [1.165, 1.54) is 6.20 Å². The zero-order chi connectivity index (χ0) is 10.6. The molecule has 1 heterocycles. The van der Waals surface area contributed by atoms with Gasteiger partial charge in [-0.2, -0.15) is 16.7 Å². The molecular weight excluding hydrogens is 241 g/mol. The van der Waals surface area contributed by atoms with Crippen LogP contribution in [0.5, 0.6) is 0 Å². The SMILES string of the molecule is CSC(C)CNc1nc(Cl)ncc1Cl. The van der Waals surface area contributed by atoms with E-state index in [-0.39, 0.29) is 5.28 Å². The van der Waals surface area contributed by atoms with Crippen LogP contribution in [0.4, 0.5) is 5.82 Å². The number of anilines is 1. The summed E-state index contributed by atoms with van der Waals surface area (Å²) in [5.41, 5.74) is 0. The number of aromatic nitrogens is 2. The Morgan fingerprint density at radius 3 is 2.93 bits per heavy atom. The second-order valence-electron chi connectivity index (χ2n) is 2.76. The lowest BCUT2D eigenvalue weighted by atomic mass is 10.4. The maximum atomic E-state index is 5.87. The third-order valence-corrected chi connectivity index (χ3v) is 3.10. The molecule has 0 fully saturated rings. The minimum Gasteiger partial charge on any atom is -0.368 e.